The monoisotopic (exact) mass is 315 g/mol. The van der Waals surface area contributed by atoms with Gasteiger partial charge >= 0.3 is 0 Å². The zero-order chi connectivity index (χ0) is 15.8. The summed E-state index contributed by atoms with van der Waals surface area (Å²) < 4.78 is 5.31. The summed E-state index contributed by atoms with van der Waals surface area (Å²) in [5.74, 6) is 0.603. The van der Waals surface area contributed by atoms with Gasteiger partial charge in [-0.25, -0.2) is 0 Å². The van der Waals surface area contributed by atoms with Gasteiger partial charge in [0.05, 0.1) is 18.4 Å². The Morgan fingerprint density at radius 2 is 2.09 bits per heavy atom. The molecule has 4 heterocycles. The highest BCUT2D eigenvalue weighted by Crippen LogP contribution is 2.34. The predicted octanol–water partition coefficient (Wildman–Crippen LogP) is 0.535. The summed E-state index contributed by atoms with van der Waals surface area (Å²) in [6.45, 7) is 3.88. The van der Waals surface area contributed by atoms with Crippen LogP contribution in [0.15, 0.2) is 24.5 Å². The lowest BCUT2D eigenvalue weighted by Gasteiger charge is -2.23. The van der Waals surface area contributed by atoms with Gasteiger partial charge in [-0.3, -0.25) is 14.6 Å². The molecule has 0 radical (unpaired) electrons. The minimum absolute atomic E-state index is 0.00292. The average Bonchev–Trinajstić information content (AvgIpc) is 3.28. The van der Waals surface area contributed by atoms with Crippen molar-refractivity contribution in [2.24, 2.45) is 17.8 Å². The fourth-order valence-electron chi connectivity index (χ4n) is 3.96. The number of hydrogen-bond donors (Lipinski definition) is 0. The van der Waals surface area contributed by atoms with Crippen molar-refractivity contribution >= 4 is 11.8 Å². The molecule has 0 aromatic carbocycles. The van der Waals surface area contributed by atoms with Crippen LogP contribution in [0, 0.1) is 17.8 Å². The first-order valence-corrected chi connectivity index (χ1v) is 8.26. The highest BCUT2D eigenvalue weighted by atomic mass is 16.5. The molecule has 6 nitrogen and oxygen atoms in total. The van der Waals surface area contributed by atoms with E-state index in [1.54, 1.807) is 12.4 Å². The van der Waals surface area contributed by atoms with E-state index < -0.39 is 0 Å². The summed E-state index contributed by atoms with van der Waals surface area (Å²) in [5, 5.41) is 0. The van der Waals surface area contributed by atoms with Crippen molar-refractivity contribution in [1.82, 2.24) is 14.8 Å². The van der Waals surface area contributed by atoms with Crippen molar-refractivity contribution in [3.63, 3.8) is 0 Å². The predicted molar refractivity (Wildman–Crippen MR) is 82.1 cm³/mol. The third kappa shape index (κ3) is 2.72. The first-order chi connectivity index (χ1) is 11.2. The van der Waals surface area contributed by atoms with Crippen LogP contribution in [0.25, 0.3) is 0 Å². The van der Waals surface area contributed by atoms with Gasteiger partial charge in [-0.1, -0.05) is 0 Å². The molecule has 0 spiro atoms. The lowest BCUT2D eigenvalue weighted by atomic mass is 10.0. The first kappa shape index (κ1) is 14.6. The maximum absolute atomic E-state index is 12.6. The normalized spacial score (nSPS) is 30.1. The third-order valence-corrected chi connectivity index (χ3v) is 5.24. The van der Waals surface area contributed by atoms with Crippen LogP contribution in [-0.4, -0.2) is 59.4 Å². The molecule has 1 unspecified atom stereocenters. The molecule has 3 aliphatic rings. The van der Waals surface area contributed by atoms with Gasteiger partial charge in [0.2, 0.25) is 11.8 Å². The molecule has 0 aliphatic carbocycles. The number of pyridine rings is 1. The van der Waals surface area contributed by atoms with Gasteiger partial charge in [0.15, 0.2) is 0 Å². The molecular weight excluding hydrogens is 294 g/mol. The highest BCUT2D eigenvalue weighted by Gasteiger charge is 2.48. The van der Waals surface area contributed by atoms with Crippen LogP contribution < -0.4 is 0 Å². The maximum Gasteiger partial charge on any atom is 0.228 e. The summed E-state index contributed by atoms with van der Waals surface area (Å²) in [6, 6.07) is 3.88. The summed E-state index contributed by atoms with van der Waals surface area (Å²) in [7, 11) is 0. The van der Waals surface area contributed by atoms with Crippen molar-refractivity contribution < 1.29 is 14.3 Å². The second kappa shape index (κ2) is 5.92. The molecule has 0 saturated carbocycles. The van der Waals surface area contributed by atoms with Crippen LogP contribution in [0.4, 0.5) is 0 Å². The number of ether oxygens (including phenoxy) is 1. The van der Waals surface area contributed by atoms with Crippen LogP contribution in [0.2, 0.25) is 0 Å². The summed E-state index contributed by atoms with van der Waals surface area (Å²) in [5.41, 5.74) is 1.10. The van der Waals surface area contributed by atoms with Gasteiger partial charge in [0.25, 0.3) is 0 Å². The Bertz CT molecular complexity index is 600. The highest BCUT2D eigenvalue weighted by molar-refractivity contribution is 5.85. The smallest absolute Gasteiger partial charge is 0.228 e. The van der Waals surface area contributed by atoms with Crippen molar-refractivity contribution in [2.75, 3.05) is 32.8 Å². The van der Waals surface area contributed by atoms with E-state index in [0.717, 1.165) is 18.5 Å². The second-order valence-corrected chi connectivity index (χ2v) is 6.74. The van der Waals surface area contributed by atoms with E-state index in [2.05, 4.69) is 4.98 Å². The number of carbonyl (C=O) groups excluding carboxylic acids is 2. The number of rotatable bonds is 3. The molecule has 23 heavy (non-hydrogen) atoms. The van der Waals surface area contributed by atoms with E-state index in [-0.39, 0.29) is 29.6 Å². The fraction of sp³-hybridized carbons (Fsp3) is 0.588. The molecule has 3 fully saturated rings. The van der Waals surface area contributed by atoms with Gasteiger partial charge in [-0.2, -0.15) is 0 Å². The summed E-state index contributed by atoms with van der Waals surface area (Å²) in [6.07, 6.45) is 4.31. The third-order valence-electron chi connectivity index (χ3n) is 5.24. The van der Waals surface area contributed by atoms with E-state index in [1.807, 2.05) is 21.9 Å². The molecule has 1 aromatic rings. The van der Waals surface area contributed by atoms with Gasteiger partial charge in [-0.05, 0) is 24.1 Å². The number of carbonyl (C=O) groups is 2. The molecule has 3 saturated heterocycles. The Morgan fingerprint density at radius 1 is 1.26 bits per heavy atom. The van der Waals surface area contributed by atoms with Crippen molar-refractivity contribution in [1.29, 1.82) is 0 Å². The van der Waals surface area contributed by atoms with Gasteiger partial charge < -0.3 is 14.5 Å². The van der Waals surface area contributed by atoms with Crippen LogP contribution in [0.3, 0.4) is 0 Å². The molecule has 0 N–H and O–H groups in total. The van der Waals surface area contributed by atoms with Gasteiger partial charge in [-0.15, -0.1) is 0 Å². The van der Waals surface area contributed by atoms with Gasteiger partial charge in [0.1, 0.15) is 0 Å². The number of likely N-dealkylation sites (tertiary alicyclic amines) is 2. The number of amides is 2. The Balaban J connectivity index is 1.38. The molecule has 122 valence electrons. The topological polar surface area (TPSA) is 62.7 Å². The van der Waals surface area contributed by atoms with Crippen LogP contribution >= 0.6 is 0 Å². The SMILES string of the molecule is O=C(C1CCOC1)N1C[C@@H]2CN(Cc3ccncc3)C(=O)[C@@H]2C1. The molecule has 3 aliphatic heterocycles. The number of aromatic nitrogens is 1. The van der Waals surface area contributed by atoms with Crippen molar-refractivity contribution in [3.05, 3.63) is 30.1 Å². The molecule has 4 rings (SSSR count). The summed E-state index contributed by atoms with van der Waals surface area (Å²) in [4.78, 5) is 32.9. The van der Waals surface area contributed by atoms with Crippen LogP contribution in [0.5, 0.6) is 0 Å². The lowest BCUT2D eigenvalue weighted by molar-refractivity contribution is -0.136. The molecule has 0 bridgehead atoms. The minimum Gasteiger partial charge on any atom is -0.381 e. The van der Waals surface area contributed by atoms with E-state index in [1.165, 1.54) is 0 Å². The van der Waals surface area contributed by atoms with Crippen molar-refractivity contribution in [3.8, 4) is 0 Å². The molecule has 6 heteroatoms. The summed E-state index contributed by atoms with van der Waals surface area (Å²) >= 11 is 0. The van der Waals surface area contributed by atoms with Crippen LogP contribution in [-0.2, 0) is 20.9 Å². The molecular formula is C17H21N3O3. The number of fused-ring (bicyclic) bond motifs is 1. The molecule has 1 aromatic heterocycles. The zero-order valence-corrected chi connectivity index (χ0v) is 13.1. The zero-order valence-electron chi connectivity index (χ0n) is 13.1. The average molecular weight is 315 g/mol. The minimum atomic E-state index is -0.0249. The van der Waals surface area contributed by atoms with E-state index in [9.17, 15) is 9.59 Å². The van der Waals surface area contributed by atoms with Crippen molar-refractivity contribution in [2.45, 2.75) is 13.0 Å². The maximum atomic E-state index is 12.6. The Hall–Kier alpha value is -1.95. The standard InChI is InChI=1S/C17H21N3O3/c21-16(13-3-6-23-11-13)20-9-14-8-19(17(22)15(14)10-20)7-12-1-4-18-5-2-12/h1-2,4-5,13-15H,3,6-11H2/t13?,14-,15+/m0/s1. The molecule has 3 atom stereocenters. The first-order valence-electron chi connectivity index (χ1n) is 8.26. The van der Waals surface area contributed by atoms with E-state index >= 15 is 0 Å². The van der Waals surface area contributed by atoms with E-state index in [4.69, 9.17) is 4.74 Å². The van der Waals surface area contributed by atoms with Gasteiger partial charge in [0, 0.05) is 51.1 Å². The molecule has 2 amide bonds. The second-order valence-electron chi connectivity index (χ2n) is 6.74. The van der Waals surface area contributed by atoms with E-state index in [0.29, 0.717) is 32.8 Å². The number of hydrogen-bond acceptors (Lipinski definition) is 4. The number of nitrogens with zero attached hydrogens (tertiary/aromatic N) is 3. The van der Waals surface area contributed by atoms with Crippen LogP contribution in [0.1, 0.15) is 12.0 Å². The lowest BCUT2D eigenvalue weighted by Crippen LogP contribution is -2.38. The Labute approximate surface area is 135 Å². The fourth-order valence-corrected chi connectivity index (χ4v) is 3.96. The largest absolute Gasteiger partial charge is 0.381 e. The quantitative estimate of drug-likeness (QED) is 0.816. The Morgan fingerprint density at radius 3 is 2.78 bits per heavy atom. The Kier molecular flexibility index (Phi) is 3.77.